The molecule has 3 N–H and O–H groups in total. The van der Waals surface area contributed by atoms with Gasteiger partial charge in [-0.2, -0.15) is 0 Å². The first-order valence-electron chi connectivity index (χ1n) is 6.66. The summed E-state index contributed by atoms with van der Waals surface area (Å²) in [5.74, 6) is 1.11. The molecule has 1 aromatic rings. The summed E-state index contributed by atoms with van der Waals surface area (Å²) in [6.07, 6.45) is 0. The molecule has 0 unspecified atom stereocenters. The lowest BCUT2D eigenvalue weighted by atomic mass is 10.1. The number of para-hydroxylation sites is 1. The Morgan fingerprint density at radius 3 is 2.80 bits per heavy atom. The van der Waals surface area contributed by atoms with Crippen molar-refractivity contribution in [3.05, 3.63) is 23.8 Å². The Hall–Kier alpha value is -1.79. The number of methoxy groups -OCH3 is 1. The lowest BCUT2D eigenvalue weighted by Crippen LogP contribution is -2.38. The first-order chi connectivity index (χ1) is 9.72. The number of rotatable bonds is 6. The molecule has 0 saturated carbocycles. The predicted octanol–water partition coefficient (Wildman–Crippen LogP) is 0.690. The molecule has 0 radical (unpaired) electrons. The highest BCUT2D eigenvalue weighted by Crippen LogP contribution is 2.30. The van der Waals surface area contributed by atoms with Crippen LogP contribution in [0.4, 0.5) is 0 Å². The highest BCUT2D eigenvalue weighted by Gasteiger charge is 2.14. The molecule has 0 aromatic heterocycles. The molecule has 0 amide bonds. The zero-order valence-electron chi connectivity index (χ0n) is 11.7. The molecule has 1 aromatic carbocycles. The Morgan fingerprint density at radius 2 is 2.15 bits per heavy atom. The van der Waals surface area contributed by atoms with E-state index in [1.165, 1.54) is 0 Å². The van der Waals surface area contributed by atoms with Gasteiger partial charge >= 0.3 is 0 Å². The summed E-state index contributed by atoms with van der Waals surface area (Å²) in [5.41, 5.74) is 6.13. The third-order valence-electron chi connectivity index (χ3n) is 3.25. The van der Waals surface area contributed by atoms with Crippen LogP contribution in [0.15, 0.2) is 18.2 Å². The van der Waals surface area contributed by atoms with E-state index in [-0.39, 0.29) is 5.84 Å². The zero-order chi connectivity index (χ0) is 14.4. The maximum absolute atomic E-state index is 7.59. The van der Waals surface area contributed by atoms with Crippen molar-refractivity contribution in [3.8, 4) is 11.5 Å². The van der Waals surface area contributed by atoms with Gasteiger partial charge in [0.15, 0.2) is 11.5 Å². The van der Waals surface area contributed by atoms with E-state index in [1.807, 2.05) is 0 Å². The molecule has 0 aliphatic carbocycles. The summed E-state index contributed by atoms with van der Waals surface area (Å²) in [4.78, 5) is 2.28. The van der Waals surface area contributed by atoms with Gasteiger partial charge in [-0.15, -0.1) is 0 Å². The lowest BCUT2D eigenvalue weighted by molar-refractivity contribution is 0.0321. The lowest BCUT2D eigenvalue weighted by Gasteiger charge is -2.26. The largest absolute Gasteiger partial charge is 0.493 e. The van der Waals surface area contributed by atoms with Gasteiger partial charge in [-0.05, 0) is 12.1 Å². The molecule has 0 bridgehead atoms. The number of hydrogen-bond acceptors (Lipinski definition) is 5. The highest BCUT2D eigenvalue weighted by molar-refractivity contribution is 5.98. The van der Waals surface area contributed by atoms with E-state index >= 15 is 0 Å². The van der Waals surface area contributed by atoms with Crippen LogP contribution in [0.5, 0.6) is 11.5 Å². The van der Waals surface area contributed by atoms with Crippen molar-refractivity contribution >= 4 is 5.84 Å². The minimum Gasteiger partial charge on any atom is -0.493 e. The van der Waals surface area contributed by atoms with Gasteiger partial charge in [0, 0.05) is 19.6 Å². The van der Waals surface area contributed by atoms with Crippen LogP contribution in [0.2, 0.25) is 0 Å². The van der Waals surface area contributed by atoms with Crippen molar-refractivity contribution in [2.75, 3.05) is 46.6 Å². The van der Waals surface area contributed by atoms with Crippen molar-refractivity contribution in [2.45, 2.75) is 0 Å². The molecule has 6 heteroatoms. The van der Waals surface area contributed by atoms with Crippen molar-refractivity contribution in [2.24, 2.45) is 5.73 Å². The fraction of sp³-hybridized carbons (Fsp3) is 0.500. The Labute approximate surface area is 118 Å². The summed E-state index contributed by atoms with van der Waals surface area (Å²) >= 11 is 0. The molecule has 6 nitrogen and oxygen atoms in total. The molecule has 1 fully saturated rings. The molecule has 1 heterocycles. The van der Waals surface area contributed by atoms with Crippen molar-refractivity contribution < 1.29 is 14.2 Å². The minimum atomic E-state index is -0.0229. The highest BCUT2D eigenvalue weighted by atomic mass is 16.5. The molecule has 0 spiro atoms. The number of amidine groups is 1. The fourth-order valence-electron chi connectivity index (χ4n) is 2.14. The first-order valence-corrected chi connectivity index (χ1v) is 6.66. The Bertz CT molecular complexity index is 459. The van der Waals surface area contributed by atoms with Gasteiger partial charge in [0.1, 0.15) is 12.4 Å². The van der Waals surface area contributed by atoms with Crippen LogP contribution in [-0.2, 0) is 4.74 Å². The summed E-state index contributed by atoms with van der Waals surface area (Å²) in [5, 5.41) is 7.59. The number of nitrogens with zero attached hydrogens (tertiary/aromatic N) is 1. The summed E-state index contributed by atoms with van der Waals surface area (Å²) < 4.78 is 16.4. The second-order valence-electron chi connectivity index (χ2n) is 4.55. The van der Waals surface area contributed by atoms with Crippen LogP contribution in [0.3, 0.4) is 0 Å². The van der Waals surface area contributed by atoms with E-state index in [0.717, 1.165) is 32.8 Å². The van der Waals surface area contributed by atoms with Crippen LogP contribution in [0.25, 0.3) is 0 Å². The van der Waals surface area contributed by atoms with Crippen LogP contribution >= 0.6 is 0 Å². The van der Waals surface area contributed by atoms with Gasteiger partial charge < -0.3 is 19.9 Å². The normalized spacial score (nSPS) is 15.8. The number of nitrogen functional groups attached to an aromatic ring is 1. The van der Waals surface area contributed by atoms with Crippen molar-refractivity contribution in [3.63, 3.8) is 0 Å². The number of hydrogen-bond donors (Lipinski definition) is 2. The van der Waals surface area contributed by atoms with E-state index < -0.39 is 0 Å². The maximum atomic E-state index is 7.59. The smallest absolute Gasteiger partial charge is 0.172 e. The maximum Gasteiger partial charge on any atom is 0.172 e. The molecule has 2 rings (SSSR count). The van der Waals surface area contributed by atoms with Gasteiger partial charge in [-0.25, -0.2) is 0 Å². The van der Waals surface area contributed by atoms with Gasteiger partial charge in [0.25, 0.3) is 0 Å². The fourth-order valence-corrected chi connectivity index (χ4v) is 2.14. The number of morpholine rings is 1. The third kappa shape index (κ3) is 3.61. The number of benzene rings is 1. The summed E-state index contributed by atoms with van der Waals surface area (Å²) in [6.45, 7) is 4.74. The molecular weight excluding hydrogens is 258 g/mol. The standard InChI is InChI=1S/C14H21N3O3/c1-18-12-4-2-3-11(14(15)16)13(12)20-10-7-17-5-8-19-9-6-17/h2-4H,5-10H2,1H3,(H3,15,16). The predicted molar refractivity (Wildman–Crippen MR) is 76.8 cm³/mol. The van der Waals surface area contributed by atoms with E-state index in [0.29, 0.717) is 23.7 Å². The molecule has 110 valence electrons. The number of ether oxygens (including phenoxy) is 3. The van der Waals surface area contributed by atoms with Crippen molar-refractivity contribution in [1.82, 2.24) is 4.90 Å². The molecule has 20 heavy (non-hydrogen) atoms. The van der Waals surface area contributed by atoms with Gasteiger partial charge in [-0.3, -0.25) is 10.3 Å². The summed E-state index contributed by atoms with van der Waals surface area (Å²) in [7, 11) is 1.58. The number of nitrogens with one attached hydrogen (secondary N) is 1. The quantitative estimate of drug-likeness (QED) is 0.591. The number of nitrogens with two attached hydrogens (primary N) is 1. The monoisotopic (exact) mass is 279 g/mol. The van der Waals surface area contributed by atoms with Crippen molar-refractivity contribution in [1.29, 1.82) is 5.41 Å². The minimum absolute atomic E-state index is 0.0229. The van der Waals surface area contributed by atoms with E-state index in [1.54, 1.807) is 25.3 Å². The molecule has 1 saturated heterocycles. The van der Waals surface area contributed by atoms with Gasteiger partial charge in [0.05, 0.1) is 25.9 Å². The zero-order valence-corrected chi connectivity index (χ0v) is 11.7. The molecule has 1 aliphatic rings. The molecule has 1 aliphatic heterocycles. The van der Waals surface area contributed by atoms with E-state index in [9.17, 15) is 0 Å². The van der Waals surface area contributed by atoms with E-state index in [4.69, 9.17) is 25.4 Å². The average molecular weight is 279 g/mol. The Morgan fingerprint density at radius 1 is 1.40 bits per heavy atom. The van der Waals surface area contributed by atoms with E-state index in [2.05, 4.69) is 4.90 Å². The second-order valence-corrected chi connectivity index (χ2v) is 4.55. The Kier molecular flexibility index (Phi) is 5.20. The topological polar surface area (TPSA) is 80.8 Å². The third-order valence-corrected chi connectivity index (χ3v) is 3.25. The van der Waals surface area contributed by atoms with Gasteiger partial charge in [0.2, 0.25) is 0 Å². The average Bonchev–Trinajstić information content (AvgIpc) is 2.48. The summed E-state index contributed by atoms with van der Waals surface area (Å²) in [6, 6.07) is 5.36. The van der Waals surface area contributed by atoms with Crippen LogP contribution in [-0.4, -0.2) is 57.3 Å². The Balaban J connectivity index is 1.98. The van der Waals surface area contributed by atoms with Crippen LogP contribution in [0, 0.1) is 5.41 Å². The molecular formula is C14H21N3O3. The molecule has 0 atom stereocenters. The van der Waals surface area contributed by atoms with Crippen LogP contribution in [0.1, 0.15) is 5.56 Å². The first kappa shape index (κ1) is 14.6. The second kappa shape index (κ2) is 7.12. The SMILES string of the molecule is COc1cccc(C(=N)N)c1OCCN1CCOCC1. The van der Waals surface area contributed by atoms with Gasteiger partial charge in [-0.1, -0.05) is 6.07 Å². The van der Waals surface area contributed by atoms with Crippen LogP contribution < -0.4 is 15.2 Å².